The summed E-state index contributed by atoms with van der Waals surface area (Å²) < 4.78 is 23.4. The van der Waals surface area contributed by atoms with E-state index in [0.717, 1.165) is 24.1 Å². The number of thiol groups is 1. The number of benzene rings is 1. The Morgan fingerprint density at radius 2 is 1.88 bits per heavy atom. The first kappa shape index (κ1) is 26.4. The summed E-state index contributed by atoms with van der Waals surface area (Å²) >= 11 is 7.18. The van der Waals surface area contributed by atoms with Crippen molar-refractivity contribution in [3.8, 4) is 28.7 Å². The Balaban J connectivity index is 1.05. The molecule has 1 amide bonds. The van der Waals surface area contributed by atoms with Crippen molar-refractivity contribution >= 4 is 46.1 Å². The van der Waals surface area contributed by atoms with Crippen LogP contribution in [0.25, 0.3) is 33.8 Å². The van der Waals surface area contributed by atoms with Gasteiger partial charge in [0.15, 0.2) is 17.6 Å². The van der Waals surface area contributed by atoms with E-state index in [1.165, 1.54) is 0 Å². The van der Waals surface area contributed by atoms with E-state index < -0.39 is 6.10 Å². The number of nitrogens with one attached hydrogen (secondary N) is 1. The van der Waals surface area contributed by atoms with Crippen LogP contribution in [0.4, 0.5) is 5.69 Å². The van der Waals surface area contributed by atoms with E-state index in [9.17, 15) is 9.90 Å². The van der Waals surface area contributed by atoms with Gasteiger partial charge in [0, 0.05) is 23.6 Å². The van der Waals surface area contributed by atoms with Gasteiger partial charge >= 0.3 is 0 Å². The molecule has 3 aromatic heterocycles. The van der Waals surface area contributed by atoms with E-state index in [-0.39, 0.29) is 42.8 Å². The van der Waals surface area contributed by atoms with Gasteiger partial charge < -0.3 is 19.3 Å². The summed E-state index contributed by atoms with van der Waals surface area (Å²) in [5.41, 5.74) is 3.93. The SMILES string of the molecule is CC1CCN([SH]=Nc2cnc(-c3ccc(-c4nc5[nH]c(O[C@@H]6CO[C@H]7[C@@H]6OC[C@H]7O)nc5cc4Cl)cc3)nc2)C1=O. The number of aromatic nitrogens is 5. The van der Waals surface area contributed by atoms with Gasteiger partial charge in [-0.2, -0.15) is 4.98 Å². The van der Waals surface area contributed by atoms with Gasteiger partial charge in [-0.25, -0.2) is 19.3 Å². The van der Waals surface area contributed by atoms with Gasteiger partial charge in [-0.05, 0) is 24.2 Å². The van der Waals surface area contributed by atoms with Crippen LogP contribution >= 0.6 is 11.6 Å². The van der Waals surface area contributed by atoms with Crippen LogP contribution in [0.2, 0.25) is 5.02 Å². The fourth-order valence-electron chi connectivity index (χ4n) is 5.14. The van der Waals surface area contributed by atoms with Gasteiger partial charge in [0.05, 0.1) is 36.3 Å². The molecule has 0 saturated carbocycles. The first-order valence-corrected chi connectivity index (χ1v) is 14.4. The monoisotopic (exact) mass is 595 g/mol. The number of carbonyl (C=O) groups is 1. The van der Waals surface area contributed by atoms with E-state index in [2.05, 4.69) is 24.3 Å². The Morgan fingerprint density at radius 1 is 1.12 bits per heavy atom. The molecule has 41 heavy (non-hydrogen) atoms. The molecule has 7 rings (SSSR count). The van der Waals surface area contributed by atoms with Crippen LogP contribution in [0, 0.1) is 5.92 Å². The van der Waals surface area contributed by atoms with Crippen LogP contribution < -0.4 is 4.74 Å². The third-order valence-corrected chi connectivity index (χ3v) is 8.64. The lowest BCUT2D eigenvalue weighted by atomic mass is 10.1. The number of hydrogen-bond donors (Lipinski definition) is 3. The largest absolute Gasteiger partial charge is 0.456 e. The second kappa shape index (κ2) is 10.7. The van der Waals surface area contributed by atoms with Crippen molar-refractivity contribution in [2.45, 2.75) is 37.8 Å². The smallest absolute Gasteiger partial charge is 0.296 e. The highest BCUT2D eigenvalue weighted by atomic mass is 35.5. The molecule has 12 nitrogen and oxygen atoms in total. The molecule has 3 saturated heterocycles. The molecule has 1 unspecified atom stereocenters. The molecule has 3 aliphatic rings. The molecule has 14 heteroatoms. The lowest BCUT2D eigenvalue weighted by molar-refractivity contribution is -0.126. The second-order valence-electron chi connectivity index (χ2n) is 10.2. The number of aliphatic hydroxyl groups excluding tert-OH is 1. The molecule has 0 radical (unpaired) electrons. The summed E-state index contributed by atoms with van der Waals surface area (Å²) in [5, 5.41) is 10.4. The van der Waals surface area contributed by atoms with E-state index in [1.807, 2.05) is 31.2 Å². The molecule has 212 valence electrons. The average molecular weight is 596 g/mol. The van der Waals surface area contributed by atoms with E-state index in [1.54, 1.807) is 22.8 Å². The van der Waals surface area contributed by atoms with Gasteiger partial charge in [0.2, 0.25) is 5.91 Å². The third-order valence-electron chi connectivity index (χ3n) is 7.42. The highest BCUT2D eigenvalue weighted by molar-refractivity contribution is 7.66. The number of aliphatic hydroxyl groups is 1. The van der Waals surface area contributed by atoms with Gasteiger partial charge in [-0.1, -0.05) is 42.8 Å². The summed E-state index contributed by atoms with van der Waals surface area (Å²) in [4.78, 5) is 33.2. The molecule has 0 bridgehead atoms. The molecule has 3 aliphatic heterocycles. The van der Waals surface area contributed by atoms with Crippen LogP contribution in [-0.2, 0) is 26.0 Å². The van der Waals surface area contributed by atoms with Gasteiger partial charge in [0.25, 0.3) is 6.01 Å². The lowest BCUT2D eigenvalue weighted by Gasteiger charge is -2.15. The molecule has 4 aromatic rings. The number of fused-ring (bicyclic) bond motifs is 2. The average Bonchev–Trinajstić information content (AvgIpc) is 3.75. The van der Waals surface area contributed by atoms with Crippen LogP contribution in [0.3, 0.4) is 0 Å². The molecule has 3 fully saturated rings. The summed E-state index contributed by atoms with van der Waals surface area (Å²) in [6.45, 7) is 3.18. The van der Waals surface area contributed by atoms with Crippen molar-refractivity contribution in [2.24, 2.45) is 10.3 Å². The maximum Gasteiger partial charge on any atom is 0.296 e. The van der Waals surface area contributed by atoms with Crippen molar-refractivity contribution in [3.63, 3.8) is 0 Å². The van der Waals surface area contributed by atoms with Crippen LogP contribution in [0.1, 0.15) is 13.3 Å². The predicted octanol–water partition coefficient (Wildman–Crippen LogP) is 3.05. The lowest BCUT2D eigenvalue weighted by Crippen LogP contribution is -2.34. The predicted molar refractivity (Wildman–Crippen MR) is 152 cm³/mol. The Bertz CT molecular complexity index is 1630. The number of amides is 1. The number of rotatable bonds is 6. The summed E-state index contributed by atoms with van der Waals surface area (Å²) in [6, 6.07) is 9.63. The fraction of sp³-hybridized carbons (Fsp3) is 0.370. The third kappa shape index (κ3) is 5.08. The Hall–Kier alpha value is -3.49. The quantitative estimate of drug-likeness (QED) is 0.286. The molecule has 1 aromatic carbocycles. The minimum Gasteiger partial charge on any atom is -0.456 e. The zero-order valence-corrected chi connectivity index (χ0v) is 23.5. The van der Waals surface area contributed by atoms with Crippen molar-refractivity contribution in [2.75, 3.05) is 19.8 Å². The van der Waals surface area contributed by atoms with Crippen LogP contribution in [0.15, 0.2) is 47.1 Å². The topological polar surface area (TPSA) is 148 Å². The Labute approximate surface area is 243 Å². The minimum atomic E-state index is -0.651. The number of hydrogen-bond acceptors (Lipinski definition) is 10. The van der Waals surface area contributed by atoms with Crippen molar-refractivity contribution < 1.29 is 24.1 Å². The summed E-state index contributed by atoms with van der Waals surface area (Å²) in [7, 11) is 0. The number of halogens is 1. The molecule has 2 N–H and O–H groups in total. The minimum absolute atomic E-state index is 0.0567. The molecular weight excluding hydrogens is 570 g/mol. The fourth-order valence-corrected chi connectivity index (χ4v) is 6.20. The Morgan fingerprint density at radius 3 is 2.63 bits per heavy atom. The highest BCUT2D eigenvalue weighted by Crippen LogP contribution is 2.33. The molecular formula is C27H26ClN7O5S. The second-order valence-corrected chi connectivity index (χ2v) is 11.5. The van der Waals surface area contributed by atoms with E-state index in [0.29, 0.717) is 51.7 Å². The van der Waals surface area contributed by atoms with Crippen LogP contribution in [0.5, 0.6) is 6.01 Å². The van der Waals surface area contributed by atoms with Gasteiger partial charge in [-0.3, -0.25) is 14.1 Å². The molecule has 0 aliphatic carbocycles. The van der Waals surface area contributed by atoms with E-state index in [4.69, 9.17) is 30.8 Å². The zero-order chi connectivity index (χ0) is 28.1. The maximum absolute atomic E-state index is 12.1. The van der Waals surface area contributed by atoms with Gasteiger partial charge in [-0.15, -0.1) is 0 Å². The highest BCUT2D eigenvalue weighted by Gasteiger charge is 2.48. The van der Waals surface area contributed by atoms with Crippen molar-refractivity contribution in [3.05, 3.63) is 47.7 Å². The number of nitrogens with zero attached hydrogens (tertiary/aromatic N) is 6. The number of carbonyl (C=O) groups excluding carboxylic acids is 1. The molecule has 0 spiro atoms. The van der Waals surface area contributed by atoms with Crippen LogP contribution in [-0.4, -0.2) is 84.4 Å². The number of aromatic amines is 1. The normalized spacial score (nSPS) is 26.2. The zero-order valence-electron chi connectivity index (χ0n) is 21.8. The first-order valence-electron chi connectivity index (χ1n) is 13.2. The van der Waals surface area contributed by atoms with Crippen molar-refractivity contribution in [1.29, 1.82) is 0 Å². The summed E-state index contributed by atoms with van der Waals surface area (Å²) in [5.74, 6) is 0.738. The van der Waals surface area contributed by atoms with Gasteiger partial charge in [0.1, 0.15) is 29.5 Å². The number of pyridine rings is 1. The molecule has 6 heterocycles. The van der Waals surface area contributed by atoms with Crippen molar-refractivity contribution in [1.82, 2.24) is 29.2 Å². The maximum atomic E-state index is 12.1. The molecule has 5 atom stereocenters. The first-order chi connectivity index (χ1) is 19.9. The standard InChI is InChI=1S/C27H26ClN7O5S/c1-13-6-7-35(26(13)37)41-34-16-9-29-24(30-10-16)15-4-2-14(3-5-15)21-17(28)8-18-25(32-21)33-27(31-18)40-20-12-39-22-19(36)11-38-23(20)22/h2-5,8-10,13,19-20,22-23,36,41H,6-7,11-12H2,1H3,(H,31,32,33)/t13?,19-,20-,22-,23-/m1/s1. The number of imidazole rings is 1. The summed E-state index contributed by atoms with van der Waals surface area (Å²) in [6.07, 6.45) is 2.39. The van der Waals surface area contributed by atoms with E-state index >= 15 is 0 Å². The number of H-pyrrole nitrogens is 1. The Kier molecular flexibility index (Phi) is 6.91. The number of ether oxygens (including phenoxy) is 3.